The third-order valence-corrected chi connectivity index (χ3v) is 4.77. The molecule has 7 nitrogen and oxygen atoms in total. The van der Waals surface area contributed by atoms with Gasteiger partial charge in [0.05, 0.1) is 17.9 Å². The monoisotopic (exact) mass is 313 g/mol. The molecule has 0 saturated carbocycles. The Kier molecular flexibility index (Phi) is 4.17. The molecule has 1 heterocycles. The molecule has 0 saturated heterocycles. The Labute approximate surface area is 122 Å². The van der Waals surface area contributed by atoms with Gasteiger partial charge in [0.25, 0.3) is 0 Å². The summed E-state index contributed by atoms with van der Waals surface area (Å²) >= 11 is 0. The minimum atomic E-state index is -3.82. The Morgan fingerprint density at radius 1 is 1.38 bits per heavy atom. The maximum atomic E-state index is 12.2. The average molecular weight is 313 g/mol. The van der Waals surface area contributed by atoms with Crippen LogP contribution in [0.15, 0.2) is 18.2 Å². The minimum Gasteiger partial charge on any atom is -0.478 e. The topological polar surface area (TPSA) is 101 Å². The van der Waals surface area contributed by atoms with Crippen LogP contribution in [0.4, 0.5) is 5.69 Å². The number of carboxylic acid groups (broad SMARTS) is 1. The highest BCUT2D eigenvalue weighted by Gasteiger charge is 2.32. The summed E-state index contributed by atoms with van der Waals surface area (Å²) in [6.07, 6.45) is 0.415. The summed E-state index contributed by atoms with van der Waals surface area (Å²) in [5, 5.41) is 8.93. The lowest BCUT2D eigenvalue weighted by Gasteiger charge is -2.18. The van der Waals surface area contributed by atoms with Crippen molar-refractivity contribution in [3.63, 3.8) is 0 Å². The van der Waals surface area contributed by atoms with E-state index in [1.807, 2.05) is 0 Å². The van der Waals surface area contributed by atoms with Gasteiger partial charge in [-0.05, 0) is 37.1 Å². The molecule has 1 aromatic rings. The summed E-state index contributed by atoms with van der Waals surface area (Å²) in [4.78, 5) is 22.3. The first-order chi connectivity index (χ1) is 9.85. The summed E-state index contributed by atoms with van der Waals surface area (Å²) in [7, 11) is -3.82. The van der Waals surface area contributed by atoms with Crippen molar-refractivity contribution in [1.29, 1.82) is 0 Å². The molecule has 0 radical (unpaired) electrons. The minimum absolute atomic E-state index is 0.110. The maximum Gasteiger partial charge on any atom is 0.335 e. The molecule has 1 aliphatic heterocycles. The number of sulfonamides is 1. The van der Waals surface area contributed by atoms with Gasteiger partial charge in [-0.2, -0.15) is 0 Å². The third kappa shape index (κ3) is 3.15. The number of fused-ring (bicyclic) bond motifs is 1. The molecule has 2 rings (SSSR count). The molecule has 21 heavy (non-hydrogen) atoms. The summed E-state index contributed by atoms with van der Waals surface area (Å²) < 4.78 is 30.2. The Hall–Kier alpha value is -2.09. The lowest BCUT2D eigenvalue weighted by Crippen LogP contribution is -2.34. The van der Waals surface area contributed by atoms with E-state index in [1.54, 1.807) is 6.92 Å². The summed E-state index contributed by atoms with van der Waals surface area (Å²) in [5.74, 6) is -2.58. The van der Waals surface area contributed by atoms with E-state index in [0.29, 0.717) is 17.7 Å². The van der Waals surface area contributed by atoms with Gasteiger partial charge in [-0.15, -0.1) is 0 Å². The molecule has 0 unspecified atom stereocenters. The largest absolute Gasteiger partial charge is 0.478 e. The number of rotatable bonds is 5. The standard InChI is InChI=1S/C13H15NO6S/c1-2-20-12(15)8-21(18,19)14-6-5-9-7-10(13(16)17)3-4-11(9)14/h3-4,7H,2,5-6,8H2,1H3,(H,16,17). The number of carboxylic acids is 1. The molecule has 0 atom stereocenters. The van der Waals surface area contributed by atoms with Crippen LogP contribution in [-0.4, -0.2) is 44.4 Å². The van der Waals surface area contributed by atoms with Crippen LogP contribution in [0.1, 0.15) is 22.8 Å². The normalized spacial score (nSPS) is 13.9. The van der Waals surface area contributed by atoms with E-state index in [4.69, 9.17) is 5.11 Å². The first-order valence-electron chi connectivity index (χ1n) is 6.37. The zero-order valence-corrected chi connectivity index (χ0v) is 12.2. The molecule has 1 aromatic carbocycles. The van der Waals surface area contributed by atoms with Crippen molar-refractivity contribution < 1.29 is 27.9 Å². The van der Waals surface area contributed by atoms with Gasteiger partial charge in [0.15, 0.2) is 5.75 Å². The molecular weight excluding hydrogens is 298 g/mol. The van der Waals surface area contributed by atoms with E-state index >= 15 is 0 Å². The van der Waals surface area contributed by atoms with Crippen LogP contribution >= 0.6 is 0 Å². The number of hydrogen-bond acceptors (Lipinski definition) is 5. The number of nitrogens with zero attached hydrogens (tertiary/aromatic N) is 1. The zero-order valence-electron chi connectivity index (χ0n) is 11.4. The van der Waals surface area contributed by atoms with E-state index in [2.05, 4.69) is 4.74 Å². The van der Waals surface area contributed by atoms with Gasteiger partial charge in [-0.25, -0.2) is 13.2 Å². The molecule has 1 aliphatic rings. The molecule has 0 fully saturated rings. The van der Waals surface area contributed by atoms with Crippen molar-refractivity contribution in [2.75, 3.05) is 23.2 Å². The molecule has 0 bridgehead atoms. The molecule has 8 heteroatoms. The molecule has 0 aliphatic carbocycles. The zero-order chi connectivity index (χ0) is 15.6. The number of aromatic carboxylic acids is 1. The number of anilines is 1. The SMILES string of the molecule is CCOC(=O)CS(=O)(=O)N1CCc2cc(C(=O)O)ccc21. The molecule has 0 aromatic heterocycles. The first kappa shape index (κ1) is 15.3. The van der Waals surface area contributed by atoms with Crippen LogP contribution in [0.5, 0.6) is 0 Å². The van der Waals surface area contributed by atoms with Crippen molar-refractivity contribution in [2.24, 2.45) is 0 Å². The second-order valence-corrected chi connectivity index (χ2v) is 6.43. The van der Waals surface area contributed by atoms with Crippen molar-refractivity contribution in [3.05, 3.63) is 29.3 Å². The second-order valence-electron chi connectivity index (χ2n) is 4.53. The van der Waals surface area contributed by atoms with Crippen LogP contribution in [0.25, 0.3) is 0 Å². The Bertz CT molecular complexity index is 682. The van der Waals surface area contributed by atoms with E-state index in [9.17, 15) is 18.0 Å². The number of esters is 1. The van der Waals surface area contributed by atoms with Gasteiger partial charge in [0.2, 0.25) is 10.0 Å². The van der Waals surface area contributed by atoms with Crippen LogP contribution in [0, 0.1) is 0 Å². The van der Waals surface area contributed by atoms with Gasteiger partial charge >= 0.3 is 11.9 Å². The number of carbonyl (C=O) groups excluding carboxylic acids is 1. The predicted octanol–water partition coefficient (Wildman–Crippen LogP) is 0.640. The highest BCUT2D eigenvalue weighted by molar-refractivity contribution is 7.93. The van der Waals surface area contributed by atoms with Crippen molar-refractivity contribution in [2.45, 2.75) is 13.3 Å². The molecular formula is C13H15NO6S. The van der Waals surface area contributed by atoms with E-state index in [-0.39, 0.29) is 18.7 Å². The van der Waals surface area contributed by atoms with Gasteiger partial charge in [-0.3, -0.25) is 9.10 Å². The second kappa shape index (κ2) is 5.72. The van der Waals surface area contributed by atoms with Gasteiger partial charge in [-0.1, -0.05) is 0 Å². The summed E-state index contributed by atoms with van der Waals surface area (Å²) in [5.41, 5.74) is 1.17. The van der Waals surface area contributed by atoms with Crippen LogP contribution in [0.2, 0.25) is 0 Å². The fraction of sp³-hybridized carbons (Fsp3) is 0.385. The molecule has 1 N–H and O–H groups in total. The Morgan fingerprint density at radius 3 is 2.71 bits per heavy atom. The van der Waals surface area contributed by atoms with Crippen LogP contribution in [-0.2, 0) is 26.0 Å². The van der Waals surface area contributed by atoms with E-state index in [0.717, 1.165) is 4.31 Å². The van der Waals surface area contributed by atoms with Crippen molar-refractivity contribution in [1.82, 2.24) is 0 Å². The summed E-state index contributed by atoms with van der Waals surface area (Å²) in [6.45, 7) is 1.91. The molecule has 0 spiro atoms. The van der Waals surface area contributed by atoms with E-state index < -0.39 is 27.7 Å². The van der Waals surface area contributed by atoms with Crippen molar-refractivity contribution in [3.8, 4) is 0 Å². The fourth-order valence-corrected chi connectivity index (χ4v) is 3.61. The van der Waals surface area contributed by atoms with Gasteiger partial charge in [0, 0.05) is 6.54 Å². The maximum absolute atomic E-state index is 12.2. The lowest BCUT2D eigenvalue weighted by molar-refractivity contribution is -0.139. The summed E-state index contributed by atoms with van der Waals surface area (Å²) in [6, 6.07) is 4.26. The number of hydrogen-bond donors (Lipinski definition) is 1. The van der Waals surface area contributed by atoms with E-state index in [1.165, 1.54) is 18.2 Å². The lowest BCUT2D eigenvalue weighted by atomic mass is 10.1. The number of benzene rings is 1. The van der Waals surface area contributed by atoms with Crippen LogP contribution in [0.3, 0.4) is 0 Å². The molecule has 0 amide bonds. The van der Waals surface area contributed by atoms with Gasteiger partial charge in [0.1, 0.15) is 0 Å². The third-order valence-electron chi connectivity index (χ3n) is 3.12. The number of carbonyl (C=O) groups is 2. The first-order valence-corrected chi connectivity index (χ1v) is 7.98. The van der Waals surface area contributed by atoms with Crippen molar-refractivity contribution >= 4 is 27.6 Å². The number of ether oxygens (including phenoxy) is 1. The smallest absolute Gasteiger partial charge is 0.335 e. The Balaban J connectivity index is 2.26. The quantitative estimate of drug-likeness (QED) is 0.801. The predicted molar refractivity (Wildman–Crippen MR) is 74.9 cm³/mol. The Morgan fingerprint density at radius 2 is 2.10 bits per heavy atom. The molecule has 114 valence electrons. The fourth-order valence-electron chi connectivity index (χ4n) is 2.22. The highest BCUT2D eigenvalue weighted by atomic mass is 32.2. The van der Waals surface area contributed by atoms with Gasteiger partial charge < -0.3 is 9.84 Å². The average Bonchev–Trinajstić information content (AvgIpc) is 2.81. The highest BCUT2D eigenvalue weighted by Crippen LogP contribution is 2.31. The van der Waals surface area contributed by atoms with Crippen LogP contribution < -0.4 is 4.31 Å².